The molecule has 2 fully saturated rings. The number of nitrogens with one attached hydrogen (secondary N) is 1. The van der Waals surface area contributed by atoms with Crippen molar-refractivity contribution >= 4 is 0 Å². The molecule has 0 amide bonds. The number of aromatic nitrogens is 1. The molecule has 0 saturated carbocycles. The molecule has 100 valence electrons. The summed E-state index contributed by atoms with van der Waals surface area (Å²) >= 11 is 0. The van der Waals surface area contributed by atoms with E-state index in [1.807, 2.05) is 0 Å². The van der Waals surface area contributed by atoms with E-state index in [4.69, 9.17) is 14.7 Å². The first kappa shape index (κ1) is 12.4. The molecule has 0 bridgehead atoms. The SMILES string of the molecule is N#Cc1ccnc(OC2COC3(CCNCC3)C2)c1. The van der Waals surface area contributed by atoms with E-state index < -0.39 is 0 Å². The molecule has 1 spiro atoms. The summed E-state index contributed by atoms with van der Waals surface area (Å²) in [6.07, 6.45) is 4.63. The summed E-state index contributed by atoms with van der Waals surface area (Å²) in [4.78, 5) is 4.14. The molecule has 2 aliphatic rings. The Labute approximate surface area is 112 Å². The quantitative estimate of drug-likeness (QED) is 0.865. The lowest BCUT2D eigenvalue weighted by Crippen LogP contribution is -2.41. The van der Waals surface area contributed by atoms with Gasteiger partial charge in [-0.25, -0.2) is 4.98 Å². The summed E-state index contributed by atoms with van der Waals surface area (Å²) in [7, 11) is 0. The molecule has 0 aromatic carbocycles. The third kappa shape index (κ3) is 2.70. The molecular formula is C14H17N3O2. The normalized spacial score (nSPS) is 25.1. The zero-order chi connectivity index (χ0) is 13.1. The van der Waals surface area contributed by atoms with Crippen molar-refractivity contribution in [2.24, 2.45) is 0 Å². The maximum Gasteiger partial charge on any atom is 0.214 e. The zero-order valence-electron chi connectivity index (χ0n) is 10.8. The van der Waals surface area contributed by atoms with Gasteiger partial charge in [0, 0.05) is 18.7 Å². The number of pyridine rings is 1. The van der Waals surface area contributed by atoms with Crippen LogP contribution in [-0.2, 0) is 4.74 Å². The zero-order valence-corrected chi connectivity index (χ0v) is 10.8. The predicted octanol–water partition coefficient (Wildman–Crippen LogP) is 1.24. The fraction of sp³-hybridized carbons (Fsp3) is 0.571. The van der Waals surface area contributed by atoms with Crippen LogP contribution in [0.25, 0.3) is 0 Å². The highest BCUT2D eigenvalue weighted by Gasteiger charge is 2.42. The Kier molecular flexibility index (Phi) is 3.36. The molecule has 1 aromatic heterocycles. The number of nitrogens with zero attached hydrogens (tertiary/aromatic N) is 2. The Morgan fingerprint density at radius 2 is 2.32 bits per heavy atom. The van der Waals surface area contributed by atoms with Crippen LogP contribution in [0.5, 0.6) is 5.88 Å². The minimum absolute atomic E-state index is 0.0112. The molecule has 1 unspecified atom stereocenters. The number of hydrogen-bond donors (Lipinski definition) is 1. The largest absolute Gasteiger partial charge is 0.472 e. The standard InChI is InChI=1S/C14H17N3O2/c15-9-11-1-4-17-13(7-11)19-12-8-14(18-10-12)2-5-16-6-3-14/h1,4,7,12,16H,2-3,5-6,8,10H2. The van der Waals surface area contributed by atoms with E-state index in [2.05, 4.69) is 16.4 Å². The summed E-state index contributed by atoms with van der Waals surface area (Å²) in [6.45, 7) is 2.63. The van der Waals surface area contributed by atoms with E-state index in [1.165, 1.54) is 0 Å². The second-order valence-electron chi connectivity index (χ2n) is 5.18. The molecule has 2 aliphatic heterocycles. The number of rotatable bonds is 2. The van der Waals surface area contributed by atoms with Gasteiger partial charge < -0.3 is 14.8 Å². The van der Waals surface area contributed by atoms with Gasteiger partial charge in [-0.2, -0.15) is 5.26 Å². The Hall–Kier alpha value is -1.64. The molecule has 3 heterocycles. The van der Waals surface area contributed by atoms with Gasteiger partial charge >= 0.3 is 0 Å². The molecule has 5 nitrogen and oxygen atoms in total. The Bertz CT molecular complexity index is 492. The van der Waals surface area contributed by atoms with Crippen LogP contribution >= 0.6 is 0 Å². The lowest BCUT2D eigenvalue weighted by Gasteiger charge is -2.32. The van der Waals surface area contributed by atoms with Crippen molar-refractivity contribution in [1.82, 2.24) is 10.3 Å². The van der Waals surface area contributed by atoms with Gasteiger partial charge in [0.1, 0.15) is 6.10 Å². The van der Waals surface area contributed by atoms with Crippen LogP contribution < -0.4 is 10.1 Å². The van der Waals surface area contributed by atoms with Crippen molar-refractivity contribution in [1.29, 1.82) is 5.26 Å². The van der Waals surface area contributed by atoms with Crippen molar-refractivity contribution in [3.8, 4) is 11.9 Å². The van der Waals surface area contributed by atoms with E-state index in [9.17, 15) is 0 Å². The van der Waals surface area contributed by atoms with Crippen LogP contribution in [0.15, 0.2) is 18.3 Å². The van der Waals surface area contributed by atoms with E-state index in [0.29, 0.717) is 18.1 Å². The van der Waals surface area contributed by atoms with E-state index >= 15 is 0 Å². The lowest BCUT2D eigenvalue weighted by molar-refractivity contribution is -0.0205. The predicted molar refractivity (Wildman–Crippen MR) is 68.8 cm³/mol. The van der Waals surface area contributed by atoms with Crippen molar-refractivity contribution in [3.05, 3.63) is 23.9 Å². The summed E-state index contributed by atoms with van der Waals surface area (Å²) in [5.74, 6) is 0.513. The van der Waals surface area contributed by atoms with Gasteiger partial charge in [-0.1, -0.05) is 0 Å². The number of ether oxygens (including phenoxy) is 2. The van der Waals surface area contributed by atoms with Gasteiger partial charge in [-0.3, -0.25) is 0 Å². The van der Waals surface area contributed by atoms with Crippen LogP contribution in [-0.4, -0.2) is 36.4 Å². The first-order valence-electron chi connectivity index (χ1n) is 6.67. The fourth-order valence-corrected chi connectivity index (χ4v) is 2.82. The minimum Gasteiger partial charge on any atom is -0.472 e. The van der Waals surface area contributed by atoms with Crippen molar-refractivity contribution in [2.75, 3.05) is 19.7 Å². The summed E-state index contributed by atoms with van der Waals surface area (Å²) in [5.41, 5.74) is 0.559. The van der Waals surface area contributed by atoms with Gasteiger partial charge in [0.15, 0.2) is 0 Å². The van der Waals surface area contributed by atoms with Gasteiger partial charge in [-0.05, 0) is 32.0 Å². The molecule has 3 rings (SSSR count). The Morgan fingerprint density at radius 1 is 1.47 bits per heavy atom. The van der Waals surface area contributed by atoms with Gasteiger partial charge in [0.25, 0.3) is 0 Å². The first-order chi connectivity index (χ1) is 9.30. The summed E-state index contributed by atoms with van der Waals surface area (Å²) in [5, 5.41) is 12.2. The van der Waals surface area contributed by atoms with Crippen LogP contribution in [0, 0.1) is 11.3 Å². The molecule has 0 radical (unpaired) electrons. The average molecular weight is 259 g/mol. The molecule has 2 saturated heterocycles. The highest BCUT2D eigenvalue weighted by atomic mass is 16.6. The minimum atomic E-state index is -0.0112. The van der Waals surface area contributed by atoms with Crippen LogP contribution in [0.4, 0.5) is 0 Å². The first-order valence-corrected chi connectivity index (χ1v) is 6.67. The highest BCUT2D eigenvalue weighted by molar-refractivity contribution is 5.31. The van der Waals surface area contributed by atoms with E-state index in [-0.39, 0.29) is 11.7 Å². The maximum absolute atomic E-state index is 8.86. The van der Waals surface area contributed by atoms with Crippen molar-refractivity contribution < 1.29 is 9.47 Å². The van der Waals surface area contributed by atoms with Gasteiger partial charge in [0.05, 0.1) is 23.8 Å². The molecule has 1 N–H and O–H groups in total. The smallest absolute Gasteiger partial charge is 0.214 e. The Morgan fingerprint density at radius 3 is 3.11 bits per heavy atom. The maximum atomic E-state index is 8.86. The third-order valence-corrected chi connectivity index (χ3v) is 3.84. The monoisotopic (exact) mass is 259 g/mol. The fourth-order valence-electron chi connectivity index (χ4n) is 2.82. The molecular weight excluding hydrogens is 242 g/mol. The van der Waals surface area contributed by atoms with Gasteiger partial charge in [-0.15, -0.1) is 0 Å². The second kappa shape index (κ2) is 5.16. The second-order valence-corrected chi connectivity index (χ2v) is 5.18. The average Bonchev–Trinajstić information content (AvgIpc) is 2.82. The molecule has 1 atom stereocenters. The molecule has 1 aromatic rings. The van der Waals surface area contributed by atoms with Crippen molar-refractivity contribution in [2.45, 2.75) is 31.0 Å². The molecule has 5 heteroatoms. The highest BCUT2D eigenvalue weighted by Crippen LogP contribution is 2.35. The van der Waals surface area contributed by atoms with E-state index in [1.54, 1.807) is 18.3 Å². The Balaban J connectivity index is 1.63. The van der Waals surface area contributed by atoms with Crippen LogP contribution in [0.3, 0.4) is 0 Å². The number of nitriles is 1. The molecule has 19 heavy (non-hydrogen) atoms. The third-order valence-electron chi connectivity index (χ3n) is 3.84. The van der Waals surface area contributed by atoms with Gasteiger partial charge in [0.2, 0.25) is 5.88 Å². The van der Waals surface area contributed by atoms with E-state index in [0.717, 1.165) is 32.4 Å². The lowest BCUT2D eigenvalue weighted by atomic mass is 9.89. The summed E-state index contributed by atoms with van der Waals surface area (Å²) < 4.78 is 11.8. The number of hydrogen-bond acceptors (Lipinski definition) is 5. The topological polar surface area (TPSA) is 67.2 Å². The summed E-state index contributed by atoms with van der Waals surface area (Å²) in [6, 6.07) is 5.44. The van der Waals surface area contributed by atoms with Crippen LogP contribution in [0.1, 0.15) is 24.8 Å². The van der Waals surface area contributed by atoms with Crippen molar-refractivity contribution in [3.63, 3.8) is 0 Å². The number of piperidine rings is 1. The van der Waals surface area contributed by atoms with Crippen LogP contribution in [0.2, 0.25) is 0 Å². The molecule has 0 aliphatic carbocycles.